The van der Waals surface area contributed by atoms with Crippen LogP contribution in [0.5, 0.6) is 5.75 Å². The van der Waals surface area contributed by atoms with Gasteiger partial charge in [0.05, 0.1) is 32.0 Å². The minimum absolute atomic E-state index is 0.141. The second kappa shape index (κ2) is 20.1. The first-order valence-corrected chi connectivity index (χ1v) is 15.5. The van der Waals surface area contributed by atoms with E-state index < -0.39 is 0 Å². The monoisotopic (exact) mass is 586 g/mol. The van der Waals surface area contributed by atoms with Crippen molar-refractivity contribution in [1.29, 1.82) is 0 Å². The van der Waals surface area contributed by atoms with Gasteiger partial charge in [-0.25, -0.2) is 4.79 Å². The van der Waals surface area contributed by atoms with Crippen LogP contribution in [0.1, 0.15) is 79.4 Å². The normalized spacial score (nSPS) is 11.8. The standard InChI is InChI=1S/C37H46O6/c1-3-41-36(38)19-11-8-14-30(28-31-21-24-34(25-22-31)37(39)42-4-2)20-23-33-17-9-10-18-35(33)43-27-13-12-26-40-29-32-15-6-5-7-16-32/h5-7,9-10,15-18,20-25,30H,3-4,8,11-14,19,26-29H2,1-2H3. The number of carbonyl (C=O) groups excluding carboxylic acids is 2. The molecule has 3 aromatic carbocycles. The van der Waals surface area contributed by atoms with Gasteiger partial charge in [-0.05, 0) is 81.2 Å². The molecule has 230 valence electrons. The first-order valence-electron chi connectivity index (χ1n) is 15.5. The molecule has 6 heteroatoms. The average molecular weight is 587 g/mol. The lowest BCUT2D eigenvalue weighted by Gasteiger charge is -2.14. The molecule has 0 aliphatic carbocycles. The predicted octanol–water partition coefficient (Wildman–Crippen LogP) is 8.23. The van der Waals surface area contributed by atoms with Crippen LogP contribution in [0, 0.1) is 5.92 Å². The zero-order valence-electron chi connectivity index (χ0n) is 25.7. The Bertz CT molecular complexity index is 1240. The van der Waals surface area contributed by atoms with Crippen molar-refractivity contribution in [2.24, 2.45) is 5.92 Å². The van der Waals surface area contributed by atoms with E-state index in [4.69, 9.17) is 18.9 Å². The van der Waals surface area contributed by atoms with Gasteiger partial charge in [0.1, 0.15) is 5.75 Å². The summed E-state index contributed by atoms with van der Waals surface area (Å²) in [6.07, 6.45) is 10.1. The number of rotatable bonds is 20. The molecule has 0 saturated carbocycles. The molecule has 3 rings (SSSR count). The molecule has 6 nitrogen and oxygen atoms in total. The third-order valence-corrected chi connectivity index (χ3v) is 6.99. The summed E-state index contributed by atoms with van der Waals surface area (Å²) < 4.78 is 22.1. The topological polar surface area (TPSA) is 71.1 Å². The third-order valence-electron chi connectivity index (χ3n) is 6.99. The molecule has 3 aromatic rings. The van der Waals surface area contributed by atoms with Crippen LogP contribution in [0.4, 0.5) is 0 Å². The summed E-state index contributed by atoms with van der Waals surface area (Å²) in [6.45, 7) is 6.37. The molecule has 0 aliphatic rings. The zero-order valence-corrected chi connectivity index (χ0v) is 25.7. The Labute approximate surface area is 257 Å². The molecular formula is C37H46O6. The molecule has 0 aliphatic heterocycles. The third kappa shape index (κ3) is 13.3. The fourth-order valence-corrected chi connectivity index (χ4v) is 4.71. The molecule has 0 radical (unpaired) electrons. The van der Waals surface area contributed by atoms with Gasteiger partial charge in [0, 0.05) is 18.6 Å². The molecule has 43 heavy (non-hydrogen) atoms. The highest BCUT2D eigenvalue weighted by Gasteiger charge is 2.11. The number of esters is 2. The fourth-order valence-electron chi connectivity index (χ4n) is 4.71. The maximum Gasteiger partial charge on any atom is 0.338 e. The summed E-state index contributed by atoms with van der Waals surface area (Å²) in [5, 5.41) is 0. The van der Waals surface area contributed by atoms with Crippen LogP contribution >= 0.6 is 0 Å². The molecule has 0 saturated heterocycles. The van der Waals surface area contributed by atoms with Gasteiger partial charge < -0.3 is 18.9 Å². The Morgan fingerprint density at radius 3 is 2.23 bits per heavy atom. The van der Waals surface area contributed by atoms with E-state index in [2.05, 4.69) is 30.4 Å². The molecule has 0 N–H and O–H groups in total. The van der Waals surface area contributed by atoms with Crippen molar-refractivity contribution in [3.05, 3.63) is 107 Å². The van der Waals surface area contributed by atoms with Gasteiger partial charge in [-0.15, -0.1) is 0 Å². The number of benzene rings is 3. The highest BCUT2D eigenvalue weighted by atomic mass is 16.5. The van der Waals surface area contributed by atoms with Crippen molar-refractivity contribution in [2.45, 2.75) is 65.4 Å². The van der Waals surface area contributed by atoms with Crippen LogP contribution < -0.4 is 4.74 Å². The van der Waals surface area contributed by atoms with Crippen molar-refractivity contribution in [1.82, 2.24) is 0 Å². The second-order valence-corrected chi connectivity index (χ2v) is 10.4. The second-order valence-electron chi connectivity index (χ2n) is 10.4. The number of para-hydroxylation sites is 1. The van der Waals surface area contributed by atoms with E-state index in [0.717, 1.165) is 55.4 Å². The summed E-state index contributed by atoms with van der Waals surface area (Å²) in [5.41, 5.74) is 3.93. The molecule has 1 unspecified atom stereocenters. The molecule has 1 atom stereocenters. The molecule has 0 heterocycles. The van der Waals surface area contributed by atoms with Gasteiger partial charge in [0.15, 0.2) is 0 Å². The van der Waals surface area contributed by atoms with Crippen LogP contribution in [-0.4, -0.2) is 38.4 Å². The molecule has 0 aromatic heterocycles. The zero-order chi connectivity index (χ0) is 30.5. The Balaban J connectivity index is 1.54. The maximum atomic E-state index is 12.1. The van der Waals surface area contributed by atoms with Gasteiger partial charge in [-0.2, -0.15) is 0 Å². The number of carbonyl (C=O) groups is 2. The van der Waals surface area contributed by atoms with Crippen LogP contribution in [-0.2, 0) is 32.0 Å². The lowest BCUT2D eigenvalue weighted by atomic mass is 9.92. The highest BCUT2D eigenvalue weighted by Crippen LogP contribution is 2.24. The van der Waals surface area contributed by atoms with Gasteiger partial charge in [0.2, 0.25) is 0 Å². The Hall–Kier alpha value is -3.90. The average Bonchev–Trinajstić information content (AvgIpc) is 3.03. The van der Waals surface area contributed by atoms with Crippen molar-refractivity contribution in [3.8, 4) is 5.75 Å². The van der Waals surface area contributed by atoms with Gasteiger partial charge in [0.25, 0.3) is 0 Å². The van der Waals surface area contributed by atoms with Gasteiger partial charge in [-0.1, -0.05) is 79.2 Å². The van der Waals surface area contributed by atoms with E-state index in [1.54, 1.807) is 6.92 Å². The Morgan fingerprint density at radius 2 is 1.47 bits per heavy atom. The Kier molecular flexibility index (Phi) is 15.7. The number of allylic oxidation sites excluding steroid dienone is 1. The van der Waals surface area contributed by atoms with Crippen molar-refractivity contribution >= 4 is 18.0 Å². The van der Waals surface area contributed by atoms with Gasteiger partial charge in [-0.3, -0.25) is 4.79 Å². The number of ether oxygens (including phenoxy) is 4. The van der Waals surface area contributed by atoms with Crippen molar-refractivity contribution in [3.63, 3.8) is 0 Å². The molecular weight excluding hydrogens is 540 g/mol. The SMILES string of the molecule is CCOC(=O)CCCCC(C=Cc1ccccc1OCCCCOCc1ccccc1)Cc1ccc(C(=O)OCC)cc1. The van der Waals surface area contributed by atoms with Crippen LogP contribution in [0.15, 0.2) is 84.9 Å². The van der Waals surface area contributed by atoms with E-state index in [1.165, 1.54) is 5.56 Å². The first-order chi connectivity index (χ1) is 21.1. The smallest absolute Gasteiger partial charge is 0.338 e. The lowest BCUT2D eigenvalue weighted by molar-refractivity contribution is -0.143. The van der Waals surface area contributed by atoms with Crippen molar-refractivity contribution < 1.29 is 28.5 Å². The summed E-state index contributed by atoms with van der Waals surface area (Å²) in [6, 6.07) is 25.9. The predicted molar refractivity (Wildman–Crippen MR) is 171 cm³/mol. The number of hydrogen-bond acceptors (Lipinski definition) is 6. The van der Waals surface area contributed by atoms with E-state index >= 15 is 0 Å². The summed E-state index contributed by atoms with van der Waals surface area (Å²) >= 11 is 0. The molecule has 0 bridgehead atoms. The molecule has 0 amide bonds. The van der Waals surface area contributed by atoms with Crippen LogP contribution in [0.3, 0.4) is 0 Å². The van der Waals surface area contributed by atoms with Crippen molar-refractivity contribution in [2.75, 3.05) is 26.4 Å². The molecule has 0 fully saturated rings. The van der Waals surface area contributed by atoms with E-state index in [1.807, 2.05) is 67.6 Å². The number of hydrogen-bond donors (Lipinski definition) is 0. The van der Waals surface area contributed by atoms with E-state index in [-0.39, 0.29) is 17.9 Å². The van der Waals surface area contributed by atoms with E-state index in [9.17, 15) is 9.59 Å². The van der Waals surface area contributed by atoms with Crippen LogP contribution in [0.2, 0.25) is 0 Å². The van der Waals surface area contributed by atoms with Crippen LogP contribution in [0.25, 0.3) is 6.08 Å². The van der Waals surface area contributed by atoms with Gasteiger partial charge >= 0.3 is 11.9 Å². The lowest BCUT2D eigenvalue weighted by Crippen LogP contribution is -2.07. The minimum atomic E-state index is -0.305. The summed E-state index contributed by atoms with van der Waals surface area (Å²) in [7, 11) is 0. The van der Waals surface area contributed by atoms with E-state index in [0.29, 0.717) is 45.0 Å². The highest BCUT2D eigenvalue weighted by molar-refractivity contribution is 5.89. The fraction of sp³-hybridized carbons (Fsp3) is 0.405. The molecule has 0 spiro atoms. The maximum absolute atomic E-state index is 12.1. The minimum Gasteiger partial charge on any atom is -0.493 e. The summed E-state index contributed by atoms with van der Waals surface area (Å²) in [5.74, 6) is 0.674. The summed E-state index contributed by atoms with van der Waals surface area (Å²) in [4.78, 5) is 23.8. The first kappa shape index (κ1) is 33.6. The quantitative estimate of drug-likeness (QED) is 0.0981. The largest absolute Gasteiger partial charge is 0.493 e. The number of unbranched alkanes of at least 4 members (excludes halogenated alkanes) is 2. The Morgan fingerprint density at radius 1 is 0.744 bits per heavy atom.